The van der Waals surface area contributed by atoms with Crippen LogP contribution in [-0.4, -0.2) is 41.2 Å². The maximum Gasteiger partial charge on any atom is 0.336 e. The topological polar surface area (TPSA) is 80.0 Å². The smallest absolute Gasteiger partial charge is 0.336 e. The van der Waals surface area contributed by atoms with Crippen LogP contribution in [0.25, 0.3) is 22.1 Å². The molecule has 0 radical (unpaired) electrons. The molecule has 2 atom stereocenters. The highest BCUT2D eigenvalue weighted by Crippen LogP contribution is 2.40. The Kier molecular flexibility index (Phi) is 5.71. The Morgan fingerprint density at radius 1 is 1.18 bits per heavy atom. The first-order chi connectivity index (χ1) is 15.9. The number of aryl methyl sites for hydroxylation is 1. The molecule has 2 aromatic carbocycles. The fraction of sp³-hybridized carbons (Fsp3) is 0.407. The molecule has 3 aromatic rings. The molecule has 172 valence electrons. The van der Waals surface area contributed by atoms with Crippen LogP contribution in [0.1, 0.15) is 37.7 Å². The zero-order chi connectivity index (χ0) is 23.0. The van der Waals surface area contributed by atoms with Crippen LogP contribution >= 0.6 is 0 Å². The SMILES string of the molecule is Cc1c(OCC(=O)N2CC[C@]3(O)CCCC[C@H]3C2)ccc2c(-c3ccccc3)cc(=O)oc12. The van der Waals surface area contributed by atoms with Gasteiger partial charge >= 0.3 is 5.63 Å². The van der Waals surface area contributed by atoms with E-state index in [0.29, 0.717) is 36.4 Å². The minimum atomic E-state index is -0.612. The predicted molar refractivity (Wildman–Crippen MR) is 126 cm³/mol. The Morgan fingerprint density at radius 2 is 2.00 bits per heavy atom. The van der Waals surface area contributed by atoms with Crippen LogP contribution < -0.4 is 10.4 Å². The molecule has 6 heteroatoms. The quantitative estimate of drug-likeness (QED) is 0.603. The van der Waals surface area contributed by atoms with E-state index in [2.05, 4.69) is 0 Å². The number of hydrogen-bond donors (Lipinski definition) is 1. The average Bonchev–Trinajstić information content (AvgIpc) is 2.83. The van der Waals surface area contributed by atoms with E-state index in [1.54, 1.807) is 0 Å². The molecule has 2 fully saturated rings. The van der Waals surface area contributed by atoms with Gasteiger partial charge in [0, 0.05) is 36.0 Å². The standard InChI is InChI=1S/C27H29NO5/c1-18-23(32-17-24(29)28-14-13-27(31)12-6-5-9-20(27)16-28)11-10-21-22(15-25(30)33-26(18)21)19-7-3-2-4-8-19/h2-4,7-8,10-11,15,20,31H,5-6,9,12-14,16-17H2,1H3/t20-,27+/m0/s1. The van der Waals surface area contributed by atoms with Gasteiger partial charge in [-0.1, -0.05) is 43.2 Å². The van der Waals surface area contributed by atoms with Crippen molar-refractivity contribution in [2.75, 3.05) is 19.7 Å². The summed E-state index contributed by atoms with van der Waals surface area (Å²) in [4.78, 5) is 26.9. The fourth-order valence-electron chi connectivity index (χ4n) is 5.38. The van der Waals surface area contributed by atoms with Crippen LogP contribution in [0.3, 0.4) is 0 Å². The monoisotopic (exact) mass is 447 g/mol. The van der Waals surface area contributed by atoms with Crippen molar-refractivity contribution in [1.82, 2.24) is 4.90 Å². The van der Waals surface area contributed by atoms with Crippen molar-refractivity contribution in [2.45, 2.75) is 44.6 Å². The molecule has 5 rings (SSSR count). The highest BCUT2D eigenvalue weighted by Gasteiger charge is 2.43. The number of amides is 1. The molecular weight excluding hydrogens is 418 g/mol. The molecule has 2 heterocycles. The van der Waals surface area contributed by atoms with Crippen molar-refractivity contribution < 1.29 is 19.1 Å². The third-order valence-corrected chi connectivity index (χ3v) is 7.33. The molecule has 1 N–H and O–H groups in total. The van der Waals surface area contributed by atoms with Crippen LogP contribution in [0.15, 0.2) is 57.7 Å². The fourth-order valence-corrected chi connectivity index (χ4v) is 5.38. The largest absolute Gasteiger partial charge is 0.483 e. The summed E-state index contributed by atoms with van der Waals surface area (Å²) < 4.78 is 11.4. The van der Waals surface area contributed by atoms with Crippen LogP contribution in [0.4, 0.5) is 0 Å². The third kappa shape index (κ3) is 4.15. The summed E-state index contributed by atoms with van der Waals surface area (Å²) in [6.45, 7) is 2.90. The summed E-state index contributed by atoms with van der Waals surface area (Å²) in [5.74, 6) is 0.592. The molecule has 6 nitrogen and oxygen atoms in total. The Labute approximate surface area is 192 Å². The lowest BCUT2D eigenvalue weighted by molar-refractivity contribution is -0.145. The molecule has 1 aliphatic heterocycles. The normalized spacial score (nSPS) is 22.7. The van der Waals surface area contributed by atoms with Gasteiger partial charge in [0.2, 0.25) is 0 Å². The summed E-state index contributed by atoms with van der Waals surface area (Å²) in [6, 6.07) is 14.9. The van der Waals surface area contributed by atoms with Crippen LogP contribution in [0.5, 0.6) is 5.75 Å². The van der Waals surface area contributed by atoms with Gasteiger partial charge in [-0.2, -0.15) is 0 Å². The minimum Gasteiger partial charge on any atom is -0.483 e. The van der Waals surface area contributed by atoms with Crippen LogP contribution in [-0.2, 0) is 4.79 Å². The summed E-state index contributed by atoms with van der Waals surface area (Å²) in [6.07, 6.45) is 4.60. The molecule has 0 bridgehead atoms. The molecule has 0 unspecified atom stereocenters. The number of hydrogen-bond acceptors (Lipinski definition) is 5. The van der Waals surface area contributed by atoms with Gasteiger partial charge in [0.25, 0.3) is 5.91 Å². The zero-order valence-corrected chi connectivity index (χ0v) is 18.9. The van der Waals surface area contributed by atoms with E-state index in [1.807, 2.05) is 54.3 Å². The molecule has 1 aromatic heterocycles. The molecular formula is C27H29NO5. The van der Waals surface area contributed by atoms with Crippen molar-refractivity contribution in [1.29, 1.82) is 0 Å². The van der Waals surface area contributed by atoms with E-state index in [0.717, 1.165) is 42.2 Å². The van der Waals surface area contributed by atoms with Gasteiger partial charge in [0.1, 0.15) is 11.3 Å². The van der Waals surface area contributed by atoms with Crippen molar-refractivity contribution >= 4 is 16.9 Å². The van der Waals surface area contributed by atoms with Crippen molar-refractivity contribution in [3.8, 4) is 16.9 Å². The van der Waals surface area contributed by atoms with E-state index in [-0.39, 0.29) is 18.4 Å². The highest BCUT2D eigenvalue weighted by atomic mass is 16.5. The number of piperidine rings is 1. The molecule has 2 aliphatic rings. The molecule has 0 spiro atoms. The highest BCUT2D eigenvalue weighted by molar-refractivity contribution is 5.95. The lowest BCUT2D eigenvalue weighted by Crippen LogP contribution is -2.55. The minimum absolute atomic E-state index is 0.0818. The van der Waals surface area contributed by atoms with Crippen molar-refractivity contribution in [2.24, 2.45) is 5.92 Å². The number of carbonyl (C=O) groups is 1. The van der Waals surface area contributed by atoms with Gasteiger partial charge in [0.05, 0.1) is 5.60 Å². The Hall–Kier alpha value is -3.12. The first kappa shape index (κ1) is 21.7. The average molecular weight is 448 g/mol. The Morgan fingerprint density at radius 3 is 2.82 bits per heavy atom. The Bertz CT molecular complexity index is 1230. The van der Waals surface area contributed by atoms with Gasteiger partial charge in [-0.05, 0) is 49.4 Å². The first-order valence-corrected chi connectivity index (χ1v) is 11.7. The van der Waals surface area contributed by atoms with Gasteiger partial charge in [-0.25, -0.2) is 4.79 Å². The molecule has 1 saturated heterocycles. The number of likely N-dealkylation sites (tertiary alicyclic amines) is 1. The van der Waals surface area contributed by atoms with Crippen LogP contribution in [0.2, 0.25) is 0 Å². The Balaban J connectivity index is 1.34. The number of carbonyl (C=O) groups excluding carboxylic acids is 1. The summed E-state index contributed by atoms with van der Waals surface area (Å²) in [5.41, 5.74) is 1.86. The van der Waals surface area contributed by atoms with E-state index >= 15 is 0 Å². The van der Waals surface area contributed by atoms with E-state index in [4.69, 9.17) is 9.15 Å². The van der Waals surface area contributed by atoms with Gasteiger partial charge in [0.15, 0.2) is 6.61 Å². The van der Waals surface area contributed by atoms with Crippen LogP contribution in [0, 0.1) is 12.8 Å². The number of benzene rings is 2. The van der Waals surface area contributed by atoms with E-state index in [1.165, 1.54) is 6.07 Å². The van der Waals surface area contributed by atoms with Crippen molar-refractivity contribution in [3.63, 3.8) is 0 Å². The first-order valence-electron chi connectivity index (χ1n) is 11.7. The maximum atomic E-state index is 12.9. The maximum absolute atomic E-state index is 12.9. The summed E-state index contributed by atoms with van der Waals surface area (Å²) >= 11 is 0. The van der Waals surface area contributed by atoms with E-state index in [9.17, 15) is 14.7 Å². The van der Waals surface area contributed by atoms with Gasteiger partial charge in [-0.3, -0.25) is 4.79 Å². The summed E-state index contributed by atoms with van der Waals surface area (Å²) in [5, 5.41) is 11.7. The van der Waals surface area contributed by atoms with Gasteiger partial charge < -0.3 is 19.2 Å². The second-order valence-electron chi connectivity index (χ2n) is 9.34. The second-order valence-corrected chi connectivity index (χ2v) is 9.34. The second kappa shape index (κ2) is 8.67. The lowest BCUT2D eigenvalue weighted by atomic mass is 9.71. The predicted octanol–water partition coefficient (Wildman–Crippen LogP) is 4.30. The summed E-state index contributed by atoms with van der Waals surface area (Å²) in [7, 11) is 0. The third-order valence-electron chi connectivity index (χ3n) is 7.33. The number of ether oxygens (including phenoxy) is 1. The molecule has 1 amide bonds. The zero-order valence-electron chi connectivity index (χ0n) is 18.9. The van der Waals surface area contributed by atoms with Crippen molar-refractivity contribution in [3.05, 3.63) is 64.5 Å². The number of fused-ring (bicyclic) bond motifs is 2. The molecule has 33 heavy (non-hydrogen) atoms. The van der Waals surface area contributed by atoms with Gasteiger partial charge in [-0.15, -0.1) is 0 Å². The molecule has 1 saturated carbocycles. The molecule has 1 aliphatic carbocycles. The number of rotatable bonds is 4. The van der Waals surface area contributed by atoms with E-state index < -0.39 is 11.2 Å². The number of aliphatic hydroxyl groups is 1. The lowest BCUT2D eigenvalue weighted by Gasteiger charge is -2.47. The number of nitrogens with zero attached hydrogens (tertiary/aromatic N) is 1.